The van der Waals surface area contributed by atoms with E-state index in [4.69, 9.17) is 14.2 Å². The third-order valence-corrected chi connectivity index (χ3v) is 8.97. The summed E-state index contributed by atoms with van der Waals surface area (Å²) in [4.78, 5) is 17.4. The molecule has 0 bridgehead atoms. The summed E-state index contributed by atoms with van der Waals surface area (Å²) >= 11 is 2.96. The Balaban J connectivity index is 1.33. The number of nitrogens with zero attached hydrogens (tertiary/aromatic N) is 2. The number of carbonyl (C=O) groups is 1. The summed E-state index contributed by atoms with van der Waals surface area (Å²) in [6, 6.07) is 31.7. The van der Waals surface area contributed by atoms with Gasteiger partial charge in [-0.15, -0.1) is 11.3 Å². The molecule has 1 atom stereocenters. The average molecular weight is 594 g/mol. The highest BCUT2D eigenvalue weighted by atomic mass is 32.2. The molecule has 0 saturated heterocycles. The van der Waals surface area contributed by atoms with E-state index in [1.54, 1.807) is 31.8 Å². The lowest BCUT2D eigenvalue weighted by Gasteiger charge is -2.30. The number of aromatic nitrogens is 1. The van der Waals surface area contributed by atoms with Gasteiger partial charge in [-0.2, -0.15) is 5.10 Å². The second kappa shape index (κ2) is 12.5. The average Bonchev–Trinajstić information content (AvgIpc) is 3.46. The zero-order valence-electron chi connectivity index (χ0n) is 22.9. The van der Waals surface area contributed by atoms with E-state index in [0.29, 0.717) is 17.3 Å². The number of ether oxygens (including phenoxy) is 3. The van der Waals surface area contributed by atoms with Crippen molar-refractivity contribution in [2.75, 3.05) is 20.0 Å². The van der Waals surface area contributed by atoms with Gasteiger partial charge in [0.2, 0.25) is 0 Å². The fourth-order valence-electron chi connectivity index (χ4n) is 4.87. The van der Waals surface area contributed by atoms with Crippen LogP contribution in [0.5, 0.6) is 17.2 Å². The molecule has 1 amide bonds. The van der Waals surface area contributed by atoms with Gasteiger partial charge in [-0.05, 0) is 42.0 Å². The van der Waals surface area contributed by atoms with Crippen LogP contribution in [0.1, 0.15) is 22.6 Å². The van der Waals surface area contributed by atoms with Crippen LogP contribution in [0.25, 0.3) is 16.0 Å². The summed E-state index contributed by atoms with van der Waals surface area (Å²) < 4.78 is 19.5. The van der Waals surface area contributed by atoms with Gasteiger partial charge in [0.15, 0.2) is 15.8 Å². The Morgan fingerprint density at radius 2 is 1.74 bits per heavy atom. The van der Waals surface area contributed by atoms with Gasteiger partial charge < -0.3 is 14.2 Å². The summed E-state index contributed by atoms with van der Waals surface area (Å²) in [6.45, 7) is 0. The molecule has 42 heavy (non-hydrogen) atoms. The zero-order valence-corrected chi connectivity index (χ0v) is 24.6. The molecule has 0 spiro atoms. The molecule has 1 unspecified atom stereocenters. The van der Waals surface area contributed by atoms with E-state index < -0.39 is 0 Å². The van der Waals surface area contributed by atoms with Crippen LogP contribution < -0.4 is 19.6 Å². The molecule has 1 aromatic heterocycles. The number of para-hydroxylation sites is 2. The van der Waals surface area contributed by atoms with Crippen molar-refractivity contribution in [1.82, 2.24) is 10.4 Å². The number of methoxy groups -OCH3 is 2. The fourth-order valence-corrected chi connectivity index (χ4v) is 6.73. The Morgan fingerprint density at radius 3 is 2.55 bits per heavy atom. The maximum absolute atomic E-state index is 12.8. The van der Waals surface area contributed by atoms with Crippen molar-refractivity contribution in [3.63, 3.8) is 0 Å². The summed E-state index contributed by atoms with van der Waals surface area (Å²) in [7, 11) is 3.20. The maximum atomic E-state index is 12.8. The quantitative estimate of drug-likeness (QED) is 0.111. The van der Waals surface area contributed by atoms with E-state index in [-0.39, 0.29) is 17.6 Å². The van der Waals surface area contributed by atoms with Crippen LogP contribution in [-0.2, 0) is 4.79 Å². The van der Waals surface area contributed by atoms with Crippen molar-refractivity contribution in [3.8, 4) is 17.2 Å². The molecule has 0 radical (unpaired) electrons. The standard InChI is InChI=1S/C33H27N3O4S2/c1-38-27-17-16-22(18-28(27)39-2)32-24(31(21-10-4-3-5-11-21)23-12-6-8-14-26(23)40-32)19-34-36-30(37)20-41-33-35-25-13-7-9-15-29(25)42-33/h3-19,31H,20H2,1-2H3,(H,36,37)/b34-19+. The Hall–Kier alpha value is -4.60. The van der Waals surface area contributed by atoms with E-state index >= 15 is 0 Å². The highest BCUT2D eigenvalue weighted by molar-refractivity contribution is 8.01. The van der Waals surface area contributed by atoms with E-state index in [2.05, 4.69) is 33.7 Å². The minimum atomic E-state index is -0.225. The van der Waals surface area contributed by atoms with Crippen LogP contribution in [-0.4, -0.2) is 37.1 Å². The van der Waals surface area contributed by atoms with Gasteiger partial charge in [0.1, 0.15) is 11.5 Å². The topological polar surface area (TPSA) is 82.0 Å². The number of nitrogens with one attached hydrogen (secondary N) is 1. The smallest absolute Gasteiger partial charge is 0.250 e. The van der Waals surface area contributed by atoms with Gasteiger partial charge in [-0.25, -0.2) is 10.4 Å². The molecule has 1 aliphatic heterocycles. The summed E-state index contributed by atoms with van der Waals surface area (Å²) in [5.41, 5.74) is 7.30. The van der Waals surface area contributed by atoms with Gasteiger partial charge in [-0.3, -0.25) is 4.79 Å². The van der Waals surface area contributed by atoms with Crippen LogP contribution >= 0.6 is 23.1 Å². The molecule has 1 aliphatic rings. The molecule has 9 heteroatoms. The fraction of sp³-hybridized carbons (Fsp3) is 0.121. The van der Waals surface area contributed by atoms with Crippen LogP contribution in [0.2, 0.25) is 0 Å². The Morgan fingerprint density at radius 1 is 0.976 bits per heavy atom. The third-order valence-electron chi connectivity index (χ3n) is 6.79. The van der Waals surface area contributed by atoms with Gasteiger partial charge in [0.05, 0.1) is 36.4 Å². The zero-order chi connectivity index (χ0) is 28.9. The first-order chi connectivity index (χ1) is 20.6. The minimum Gasteiger partial charge on any atom is -0.493 e. The second-order valence-electron chi connectivity index (χ2n) is 9.37. The third kappa shape index (κ3) is 5.74. The van der Waals surface area contributed by atoms with E-state index in [1.807, 2.05) is 78.9 Å². The number of thioether (sulfide) groups is 1. The first kappa shape index (κ1) is 27.6. The highest BCUT2D eigenvalue weighted by Gasteiger charge is 2.31. The van der Waals surface area contributed by atoms with E-state index in [0.717, 1.165) is 42.6 Å². The lowest BCUT2D eigenvalue weighted by Crippen LogP contribution is -2.22. The largest absolute Gasteiger partial charge is 0.493 e. The second-order valence-corrected chi connectivity index (χ2v) is 11.6. The SMILES string of the molecule is COc1ccc(C2=C(/C=N/NC(=O)CSc3nc4ccccc4s3)C(c3ccccc3)c3ccccc3O2)cc1OC. The number of hydrogen-bond donors (Lipinski definition) is 1. The number of benzene rings is 4. The number of carbonyl (C=O) groups excluding carboxylic acids is 1. The Kier molecular flexibility index (Phi) is 8.21. The maximum Gasteiger partial charge on any atom is 0.250 e. The monoisotopic (exact) mass is 593 g/mol. The molecule has 2 heterocycles. The van der Waals surface area contributed by atoms with Gasteiger partial charge in [-0.1, -0.05) is 72.4 Å². The molecule has 7 nitrogen and oxygen atoms in total. The number of amides is 1. The molecule has 1 N–H and O–H groups in total. The predicted octanol–water partition coefficient (Wildman–Crippen LogP) is 7.14. The van der Waals surface area contributed by atoms with Gasteiger partial charge in [0, 0.05) is 22.6 Å². The predicted molar refractivity (Wildman–Crippen MR) is 169 cm³/mol. The van der Waals surface area contributed by atoms with Crippen molar-refractivity contribution in [2.24, 2.45) is 5.10 Å². The summed E-state index contributed by atoms with van der Waals surface area (Å²) in [5, 5.41) is 4.40. The van der Waals surface area contributed by atoms with E-state index in [9.17, 15) is 4.79 Å². The van der Waals surface area contributed by atoms with Crippen LogP contribution in [0, 0.1) is 0 Å². The normalized spacial score (nSPS) is 14.5. The molecule has 0 aliphatic carbocycles. The van der Waals surface area contributed by atoms with Crippen molar-refractivity contribution in [2.45, 2.75) is 10.3 Å². The number of rotatable bonds is 9. The molecule has 6 rings (SSSR count). The molecule has 0 fully saturated rings. The Bertz CT molecular complexity index is 1770. The number of fused-ring (bicyclic) bond motifs is 2. The summed E-state index contributed by atoms with van der Waals surface area (Å²) in [6.07, 6.45) is 1.68. The summed E-state index contributed by atoms with van der Waals surface area (Å²) in [5.74, 6) is 2.35. The van der Waals surface area contributed by atoms with Crippen molar-refractivity contribution < 1.29 is 19.0 Å². The van der Waals surface area contributed by atoms with Crippen LogP contribution in [0.4, 0.5) is 0 Å². The molecule has 4 aromatic carbocycles. The molecule has 210 valence electrons. The lowest BCUT2D eigenvalue weighted by molar-refractivity contribution is -0.118. The minimum absolute atomic E-state index is 0.183. The number of hydrogen-bond acceptors (Lipinski definition) is 8. The molecular weight excluding hydrogens is 567 g/mol. The van der Waals surface area contributed by atoms with Crippen LogP contribution in [0.15, 0.2) is 112 Å². The van der Waals surface area contributed by atoms with Gasteiger partial charge >= 0.3 is 0 Å². The number of hydrazone groups is 1. The van der Waals surface area contributed by atoms with Crippen molar-refractivity contribution >= 4 is 51.2 Å². The Labute approximate surface area is 251 Å². The molecule has 5 aromatic rings. The van der Waals surface area contributed by atoms with E-state index in [1.165, 1.54) is 11.8 Å². The van der Waals surface area contributed by atoms with Gasteiger partial charge in [0.25, 0.3) is 5.91 Å². The molecule has 0 saturated carbocycles. The number of allylic oxidation sites excluding steroid dienone is 1. The van der Waals surface area contributed by atoms with Crippen molar-refractivity contribution in [3.05, 3.63) is 119 Å². The molecular formula is C33H27N3O4S2. The highest BCUT2D eigenvalue weighted by Crippen LogP contribution is 2.45. The van der Waals surface area contributed by atoms with Crippen molar-refractivity contribution in [1.29, 1.82) is 0 Å². The first-order valence-electron chi connectivity index (χ1n) is 13.2. The number of thiazole rings is 1. The van der Waals surface area contributed by atoms with Crippen LogP contribution in [0.3, 0.4) is 0 Å². The lowest BCUT2D eigenvalue weighted by atomic mass is 9.81. The first-order valence-corrected chi connectivity index (χ1v) is 15.0.